The summed E-state index contributed by atoms with van der Waals surface area (Å²) in [7, 11) is 0. The van der Waals surface area contributed by atoms with E-state index < -0.39 is 0 Å². The van der Waals surface area contributed by atoms with Gasteiger partial charge in [0.25, 0.3) is 0 Å². The second kappa shape index (κ2) is 6.60. The Kier molecular flexibility index (Phi) is 4.37. The van der Waals surface area contributed by atoms with Gasteiger partial charge < -0.3 is 20.5 Å². The van der Waals surface area contributed by atoms with Crippen molar-refractivity contribution >= 4 is 11.6 Å². The van der Waals surface area contributed by atoms with Crippen LogP contribution in [-0.4, -0.2) is 25.2 Å². The zero-order chi connectivity index (χ0) is 16.2. The highest BCUT2D eigenvalue weighted by Gasteiger charge is 2.20. The maximum atomic E-state index is 5.96. The summed E-state index contributed by atoms with van der Waals surface area (Å²) in [5.41, 5.74) is 9.26. The highest BCUT2D eigenvalue weighted by Crippen LogP contribution is 2.30. The zero-order valence-electron chi connectivity index (χ0n) is 13.4. The number of guanidine groups is 1. The number of benzene rings is 2. The molecule has 1 atom stereocenters. The maximum absolute atomic E-state index is 5.96. The maximum Gasteiger partial charge on any atom is 0.193 e. The third kappa shape index (κ3) is 3.94. The molecular formula is C18H21N3O2. The molecule has 23 heavy (non-hydrogen) atoms. The van der Waals surface area contributed by atoms with Crippen LogP contribution in [0.1, 0.15) is 11.1 Å². The van der Waals surface area contributed by atoms with Crippen LogP contribution in [0, 0.1) is 13.8 Å². The van der Waals surface area contributed by atoms with Crippen LogP contribution in [0.2, 0.25) is 0 Å². The fourth-order valence-corrected chi connectivity index (χ4v) is 2.59. The molecule has 2 aromatic rings. The van der Waals surface area contributed by atoms with E-state index in [2.05, 4.69) is 30.2 Å². The molecule has 3 rings (SSSR count). The second-order valence-electron chi connectivity index (χ2n) is 5.72. The summed E-state index contributed by atoms with van der Waals surface area (Å²) in [4.78, 5) is 4.35. The summed E-state index contributed by atoms with van der Waals surface area (Å²) in [6, 6.07) is 13.8. The minimum atomic E-state index is -0.135. The van der Waals surface area contributed by atoms with Crippen LogP contribution in [0.15, 0.2) is 47.5 Å². The van der Waals surface area contributed by atoms with Gasteiger partial charge in [-0.05, 0) is 49.2 Å². The molecule has 3 N–H and O–H groups in total. The summed E-state index contributed by atoms with van der Waals surface area (Å²) in [5, 5.41) is 3.11. The minimum absolute atomic E-state index is 0.135. The number of hydrogen-bond acceptors (Lipinski definition) is 3. The second-order valence-corrected chi connectivity index (χ2v) is 5.72. The van der Waals surface area contributed by atoms with E-state index >= 15 is 0 Å². The number of anilines is 1. The molecule has 5 nitrogen and oxygen atoms in total. The first kappa shape index (κ1) is 15.2. The fraction of sp³-hybridized carbons (Fsp3) is 0.278. The van der Waals surface area contributed by atoms with Gasteiger partial charge in [0.15, 0.2) is 23.6 Å². The van der Waals surface area contributed by atoms with Crippen LogP contribution in [-0.2, 0) is 0 Å². The van der Waals surface area contributed by atoms with Gasteiger partial charge in [-0.15, -0.1) is 0 Å². The lowest BCUT2D eigenvalue weighted by atomic mass is 10.1. The Morgan fingerprint density at radius 3 is 2.61 bits per heavy atom. The van der Waals surface area contributed by atoms with Gasteiger partial charge in [-0.25, -0.2) is 4.99 Å². The molecule has 0 bridgehead atoms. The number of fused-ring (bicyclic) bond motifs is 1. The largest absolute Gasteiger partial charge is 0.486 e. The molecule has 0 aromatic heterocycles. The third-order valence-corrected chi connectivity index (χ3v) is 3.53. The highest BCUT2D eigenvalue weighted by atomic mass is 16.6. The Bertz CT molecular complexity index is 708. The Morgan fingerprint density at radius 2 is 1.87 bits per heavy atom. The number of aryl methyl sites for hydroxylation is 2. The van der Waals surface area contributed by atoms with Gasteiger partial charge in [0.2, 0.25) is 0 Å². The molecule has 0 spiro atoms. The molecule has 1 unspecified atom stereocenters. The van der Waals surface area contributed by atoms with Crippen LogP contribution >= 0.6 is 0 Å². The van der Waals surface area contributed by atoms with Crippen molar-refractivity contribution in [3.05, 3.63) is 53.6 Å². The Balaban J connectivity index is 1.60. The molecule has 0 radical (unpaired) electrons. The lowest BCUT2D eigenvalue weighted by Crippen LogP contribution is -2.33. The lowest BCUT2D eigenvalue weighted by Gasteiger charge is -2.25. The Hall–Kier alpha value is -2.69. The molecule has 0 fully saturated rings. The summed E-state index contributed by atoms with van der Waals surface area (Å²) in [6.45, 7) is 5.02. The molecule has 1 heterocycles. The number of nitrogens with zero attached hydrogens (tertiary/aromatic N) is 1. The van der Waals surface area contributed by atoms with E-state index in [1.807, 2.05) is 36.4 Å². The van der Waals surface area contributed by atoms with Crippen molar-refractivity contribution in [2.75, 3.05) is 18.5 Å². The smallest absolute Gasteiger partial charge is 0.193 e. The van der Waals surface area contributed by atoms with Crippen molar-refractivity contribution in [2.45, 2.75) is 20.0 Å². The molecule has 0 amide bonds. The van der Waals surface area contributed by atoms with Crippen LogP contribution in [0.5, 0.6) is 11.5 Å². The van der Waals surface area contributed by atoms with Crippen LogP contribution in [0.4, 0.5) is 5.69 Å². The minimum Gasteiger partial charge on any atom is -0.486 e. The molecule has 5 heteroatoms. The first-order valence-electron chi connectivity index (χ1n) is 7.64. The van der Waals surface area contributed by atoms with E-state index in [1.54, 1.807) is 0 Å². The van der Waals surface area contributed by atoms with Gasteiger partial charge in [0.1, 0.15) is 6.61 Å². The molecule has 2 aromatic carbocycles. The third-order valence-electron chi connectivity index (χ3n) is 3.53. The van der Waals surface area contributed by atoms with Crippen molar-refractivity contribution in [3.8, 4) is 11.5 Å². The van der Waals surface area contributed by atoms with E-state index in [4.69, 9.17) is 15.2 Å². The van der Waals surface area contributed by atoms with Gasteiger partial charge >= 0.3 is 0 Å². The molecule has 1 aliphatic heterocycles. The van der Waals surface area contributed by atoms with E-state index in [-0.39, 0.29) is 6.10 Å². The lowest BCUT2D eigenvalue weighted by molar-refractivity contribution is 0.0972. The summed E-state index contributed by atoms with van der Waals surface area (Å²) < 4.78 is 11.5. The fourth-order valence-electron chi connectivity index (χ4n) is 2.59. The predicted octanol–water partition coefficient (Wildman–Crippen LogP) is 2.87. The standard InChI is InChI=1S/C18H21N3O2/c1-12-7-13(2)9-14(8-12)21-18(19)20-10-15-11-22-16-5-3-4-6-17(16)23-15/h3-9,15H,10-11H2,1-2H3,(H3,19,20,21). The number of rotatable bonds is 3. The first-order valence-corrected chi connectivity index (χ1v) is 7.64. The van der Waals surface area contributed by atoms with E-state index in [9.17, 15) is 0 Å². The van der Waals surface area contributed by atoms with Gasteiger partial charge in [0.05, 0.1) is 6.54 Å². The van der Waals surface area contributed by atoms with Crippen molar-refractivity contribution in [1.82, 2.24) is 0 Å². The van der Waals surface area contributed by atoms with E-state index in [0.29, 0.717) is 19.1 Å². The van der Waals surface area contributed by atoms with Gasteiger partial charge in [-0.2, -0.15) is 0 Å². The molecular weight excluding hydrogens is 290 g/mol. The zero-order valence-corrected chi connectivity index (χ0v) is 13.4. The number of nitrogens with two attached hydrogens (primary N) is 1. The van der Waals surface area contributed by atoms with Crippen molar-refractivity contribution in [2.24, 2.45) is 10.7 Å². The number of para-hydroxylation sites is 2. The average molecular weight is 311 g/mol. The monoisotopic (exact) mass is 311 g/mol. The molecule has 120 valence electrons. The quantitative estimate of drug-likeness (QED) is 0.675. The SMILES string of the molecule is Cc1cc(C)cc(NC(N)=NCC2COc3ccccc3O2)c1. The Labute approximate surface area is 136 Å². The normalized spacial score (nSPS) is 17.0. The Morgan fingerprint density at radius 1 is 1.17 bits per heavy atom. The summed E-state index contributed by atoms with van der Waals surface area (Å²) >= 11 is 0. The van der Waals surface area contributed by atoms with Gasteiger partial charge in [-0.1, -0.05) is 18.2 Å². The van der Waals surface area contributed by atoms with E-state index in [1.165, 1.54) is 11.1 Å². The average Bonchev–Trinajstić information content (AvgIpc) is 2.52. The number of nitrogens with one attached hydrogen (secondary N) is 1. The summed E-state index contributed by atoms with van der Waals surface area (Å²) in [5.74, 6) is 1.89. The number of ether oxygens (including phenoxy) is 2. The molecule has 0 aliphatic carbocycles. The van der Waals surface area contributed by atoms with Crippen LogP contribution < -0.4 is 20.5 Å². The first-order chi connectivity index (χ1) is 11.1. The predicted molar refractivity (Wildman–Crippen MR) is 92.4 cm³/mol. The summed E-state index contributed by atoms with van der Waals surface area (Å²) in [6.07, 6.45) is -0.135. The van der Waals surface area contributed by atoms with Gasteiger partial charge in [-0.3, -0.25) is 0 Å². The van der Waals surface area contributed by atoms with Crippen LogP contribution in [0.3, 0.4) is 0 Å². The van der Waals surface area contributed by atoms with Crippen LogP contribution in [0.25, 0.3) is 0 Å². The number of hydrogen-bond donors (Lipinski definition) is 2. The van der Waals surface area contributed by atoms with E-state index in [0.717, 1.165) is 17.2 Å². The molecule has 0 saturated heterocycles. The van der Waals surface area contributed by atoms with Crippen molar-refractivity contribution in [3.63, 3.8) is 0 Å². The van der Waals surface area contributed by atoms with Gasteiger partial charge in [0, 0.05) is 5.69 Å². The number of aliphatic imine (C=N–C) groups is 1. The van der Waals surface area contributed by atoms with Crippen molar-refractivity contribution in [1.29, 1.82) is 0 Å². The molecule has 0 saturated carbocycles. The topological polar surface area (TPSA) is 68.9 Å². The highest BCUT2D eigenvalue weighted by molar-refractivity contribution is 5.92. The van der Waals surface area contributed by atoms with Crippen molar-refractivity contribution < 1.29 is 9.47 Å². The molecule has 1 aliphatic rings.